The van der Waals surface area contributed by atoms with Crippen molar-refractivity contribution in [2.45, 2.75) is 231 Å². The number of quaternary nitrogens is 1. The minimum Gasteiger partial charge on any atom is -0.756 e. The number of phosphoric acid groups is 1. The van der Waals surface area contributed by atoms with Crippen LogP contribution in [0.25, 0.3) is 0 Å². The lowest BCUT2D eigenvalue weighted by atomic mass is 9.95. The number of hydroxylamine groups is 2. The van der Waals surface area contributed by atoms with Crippen molar-refractivity contribution in [3.8, 4) is 0 Å². The molecule has 0 aromatic heterocycles. The molecule has 1 radical (unpaired) electrons. The number of ether oxygens (including phenoxy) is 3. The fraction of sp³-hybridized carbons (Fsp3) is 0.957. The van der Waals surface area contributed by atoms with Crippen molar-refractivity contribution in [2.75, 3.05) is 54.1 Å². The van der Waals surface area contributed by atoms with Gasteiger partial charge in [-0.25, -0.2) is 0 Å². The Kier molecular flexibility index (Phi) is 30.8. The van der Waals surface area contributed by atoms with Gasteiger partial charge in [-0.2, -0.15) is 0 Å². The van der Waals surface area contributed by atoms with Crippen molar-refractivity contribution in [3.05, 3.63) is 0 Å². The van der Waals surface area contributed by atoms with Gasteiger partial charge in [0.2, 0.25) is 0 Å². The fourth-order valence-electron chi connectivity index (χ4n) is 7.53. The summed E-state index contributed by atoms with van der Waals surface area (Å²) in [5.41, 5.74) is -1.11. The predicted molar refractivity (Wildman–Crippen MR) is 234 cm³/mol. The van der Waals surface area contributed by atoms with Crippen LogP contribution >= 0.6 is 7.82 Å². The van der Waals surface area contributed by atoms with Gasteiger partial charge in [-0.15, -0.1) is 10.3 Å². The Morgan fingerprint density at radius 2 is 1.10 bits per heavy atom. The summed E-state index contributed by atoms with van der Waals surface area (Å²) in [6.45, 7) is 8.50. The molecule has 1 rings (SSSR count). The topological polar surface area (TPSA) is 144 Å². The van der Waals surface area contributed by atoms with Gasteiger partial charge in [0.25, 0.3) is 7.82 Å². The van der Waals surface area contributed by atoms with Gasteiger partial charge in [0, 0.05) is 12.8 Å². The van der Waals surface area contributed by atoms with Crippen molar-refractivity contribution in [1.82, 2.24) is 5.06 Å². The van der Waals surface area contributed by atoms with Crippen LogP contribution in [0.5, 0.6) is 0 Å². The van der Waals surface area contributed by atoms with Crippen molar-refractivity contribution in [2.24, 2.45) is 0 Å². The van der Waals surface area contributed by atoms with Crippen LogP contribution in [0.4, 0.5) is 0 Å². The summed E-state index contributed by atoms with van der Waals surface area (Å²) in [6.07, 6.45) is 29.3. The Hall–Kier alpha value is -1.11. The maximum atomic E-state index is 13.0. The molecule has 0 aromatic rings. The zero-order chi connectivity index (χ0) is 43.9. The number of rotatable bonds is 40. The number of unbranched alkanes of at least 4 members (excludes halogenated alkanes) is 22. The van der Waals surface area contributed by atoms with Crippen molar-refractivity contribution in [1.29, 1.82) is 0 Å². The Labute approximate surface area is 361 Å². The van der Waals surface area contributed by atoms with Crippen LogP contribution in [-0.2, 0) is 42.6 Å². The zero-order valence-electron chi connectivity index (χ0n) is 39.0. The smallest absolute Gasteiger partial charge is 0.306 e. The highest BCUT2D eigenvalue weighted by atomic mass is 31.2. The third kappa shape index (κ3) is 29.0. The second kappa shape index (κ2) is 32.5. The molecule has 59 heavy (non-hydrogen) atoms. The number of nitrogens with zero attached hydrogens (tertiary/aromatic N) is 2. The van der Waals surface area contributed by atoms with Gasteiger partial charge in [-0.1, -0.05) is 149 Å². The standard InChI is InChI=1S/C46H90N2O10P/c1-8-10-12-13-14-15-16-17-18-21-24-27-30-33-43(49)54-39-42(40-57-59(52,53)56-38-37-48(5,6)7)58-44(50)34-31-28-25-22-19-20-23-26-29-32-36-46(35-11-9-2)47(51)45(3,4)41-55-46/h42H,8-41H2,1-7H3/t42-,46?/m0/s1. The van der Waals surface area contributed by atoms with E-state index in [0.717, 1.165) is 89.9 Å². The molecule has 0 saturated carbocycles. The molecule has 0 spiro atoms. The second-order valence-electron chi connectivity index (χ2n) is 18.9. The van der Waals surface area contributed by atoms with E-state index in [1.54, 1.807) is 0 Å². The predicted octanol–water partition coefficient (Wildman–Crippen LogP) is 11.2. The average Bonchev–Trinajstić information content (AvgIpc) is 3.40. The van der Waals surface area contributed by atoms with Crippen molar-refractivity contribution >= 4 is 19.8 Å². The highest BCUT2D eigenvalue weighted by molar-refractivity contribution is 7.45. The number of phosphoric ester groups is 1. The Morgan fingerprint density at radius 3 is 1.56 bits per heavy atom. The van der Waals surface area contributed by atoms with E-state index in [2.05, 4.69) is 13.8 Å². The van der Waals surface area contributed by atoms with Crippen LogP contribution in [0.2, 0.25) is 0 Å². The van der Waals surface area contributed by atoms with Gasteiger partial charge in [-0.3, -0.25) is 14.2 Å². The quantitative estimate of drug-likeness (QED) is 0.0253. The molecule has 1 aliphatic heterocycles. The summed E-state index contributed by atoms with van der Waals surface area (Å²) >= 11 is 0. The van der Waals surface area contributed by atoms with E-state index in [0.29, 0.717) is 24.1 Å². The first-order chi connectivity index (χ1) is 28.1. The lowest BCUT2D eigenvalue weighted by Gasteiger charge is -2.35. The molecule has 3 atom stereocenters. The normalized spacial score (nSPS) is 18.5. The molecule has 1 saturated heterocycles. The summed E-state index contributed by atoms with van der Waals surface area (Å²) in [5.74, 6) is -0.867. The highest BCUT2D eigenvalue weighted by Crippen LogP contribution is 2.41. The molecule has 0 N–H and O–H groups in total. The van der Waals surface area contributed by atoms with Crippen LogP contribution in [0.3, 0.4) is 0 Å². The van der Waals surface area contributed by atoms with E-state index in [9.17, 15) is 24.3 Å². The molecule has 0 amide bonds. The molecule has 2 unspecified atom stereocenters. The Balaban J connectivity index is 2.32. The monoisotopic (exact) mass is 862 g/mol. The summed E-state index contributed by atoms with van der Waals surface area (Å²) < 4.78 is 40.1. The first-order valence-corrected chi connectivity index (χ1v) is 25.4. The number of carbonyl (C=O) groups excluding carboxylic acids is 2. The minimum atomic E-state index is -4.64. The first kappa shape index (κ1) is 55.9. The minimum absolute atomic E-state index is 0.0420. The summed E-state index contributed by atoms with van der Waals surface area (Å²) in [6, 6.07) is 0. The highest BCUT2D eigenvalue weighted by Gasteiger charge is 2.51. The number of esters is 2. The number of carbonyl (C=O) groups is 2. The van der Waals surface area contributed by atoms with Gasteiger partial charge in [0.05, 0.1) is 39.9 Å². The van der Waals surface area contributed by atoms with Gasteiger partial charge in [0.1, 0.15) is 25.5 Å². The van der Waals surface area contributed by atoms with Crippen LogP contribution in [0, 0.1) is 0 Å². The van der Waals surface area contributed by atoms with E-state index >= 15 is 0 Å². The molecule has 1 fully saturated rings. The van der Waals surface area contributed by atoms with E-state index in [1.807, 2.05) is 35.0 Å². The van der Waals surface area contributed by atoms with Gasteiger partial charge in [0.15, 0.2) is 6.10 Å². The summed E-state index contributed by atoms with van der Waals surface area (Å²) in [4.78, 5) is 37.7. The zero-order valence-corrected chi connectivity index (χ0v) is 39.9. The van der Waals surface area contributed by atoms with E-state index in [-0.39, 0.29) is 26.1 Å². The molecule has 0 aromatic carbocycles. The number of hydrogen-bond acceptors (Lipinski definition) is 10. The van der Waals surface area contributed by atoms with Crippen molar-refractivity contribution < 1.29 is 52.0 Å². The lowest BCUT2D eigenvalue weighted by Crippen LogP contribution is -2.49. The molecule has 0 aliphatic carbocycles. The number of likely N-dealkylation sites (N-methyl/N-ethyl adjacent to an activating group) is 1. The molecule has 1 heterocycles. The molecule has 0 bridgehead atoms. The molecule has 1 aliphatic rings. The average molecular weight is 862 g/mol. The molecular formula is C46H90N2O10P. The molecule has 13 heteroatoms. The molecular weight excluding hydrogens is 771 g/mol. The van der Waals surface area contributed by atoms with Gasteiger partial charge < -0.3 is 32.6 Å². The molecule has 12 nitrogen and oxygen atoms in total. The van der Waals surface area contributed by atoms with Crippen molar-refractivity contribution in [3.63, 3.8) is 0 Å². The number of hydrogen-bond donors (Lipinski definition) is 0. The van der Waals surface area contributed by atoms with Crippen LogP contribution in [0.15, 0.2) is 0 Å². The fourth-order valence-corrected chi connectivity index (χ4v) is 8.26. The first-order valence-electron chi connectivity index (χ1n) is 23.9. The van der Waals surface area contributed by atoms with E-state index in [1.165, 1.54) is 82.1 Å². The maximum Gasteiger partial charge on any atom is 0.306 e. The third-order valence-corrected chi connectivity index (χ3v) is 12.3. The van der Waals surface area contributed by atoms with E-state index < -0.39 is 43.7 Å². The lowest BCUT2D eigenvalue weighted by molar-refractivity contribution is -0.870. The Bertz CT molecular complexity index is 1120. The van der Waals surface area contributed by atoms with Gasteiger partial charge >= 0.3 is 11.9 Å². The van der Waals surface area contributed by atoms with Crippen LogP contribution in [0.1, 0.15) is 214 Å². The summed E-state index contributed by atoms with van der Waals surface area (Å²) in [5, 5.41) is 14.3. The third-order valence-electron chi connectivity index (χ3n) is 11.4. The van der Waals surface area contributed by atoms with Crippen LogP contribution < -0.4 is 4.89 Å². The summed E-state index contributed by atoms with van der Waals surface area (Å²) in [7, 11) is 1.13. The second-order valence-corrected chi connectivity index (χ2v) is 20.3. The molecule has 349 valence electrons. The maximum absolute atomic E-state index is 13.0. The largest absolute Gasteiger partial charge is 0.756 e. The Morgan fingerprint density at radius 1 is 0.661 bits per heavy atom. The van der Waals surface area contributed by atoms with Gasteiger partial charge in [-0.05, 0) is 52.4 Å². The SMILES string of the molecule is CCCCCCCCCCCCCCCC(=O)OC[C@@H](COP(=O)([O-])OCC[N+](C)(C)C)OC(=O)CCCCCCCCCCCCC1(CCCC)OCC(C)(C)N1[O]. The van der Waals surface area contributed by atoms with Crippen LogP contribution in [-0.4, -0.2) is 93.0 Å². The van der Waals surface area contributed by atoms with E-state index in [4.69, 9.17) is 23.3 Å².